The first-order chi connectivity index (χ1) is 9.43. The number of rotatable bonds is 2. The van der Waals surface area contributed by atoms with Gasteiger partial charge >= 0.3 is 0 Å². The highest BCUT2D eigenvalue weighted by Gasteiger charge is 2.31. The SMILES string of the molecule is CC1(C)C/C(=C\C(=O)NC2CC2)c2cc(F)ccc2O1. The van der Waals surface area contributed by atoms with E-state index in [1.807, 2.05) is 13.8 Å². The van der Waals surface area contributed by atoms with E-state index in [4.69, 9.17) is 4.74 Å². The molecule has 3 nitrogen and oxygen atoms in total. The van der Waals surface area contributed by atoms with Crippen LogP contribution in [-0.4, -0.2) is 17.6 Å². The van der Waals surface area contributed by atoms with Crippen LogP contribution in [0.2, 0.25) is 0 Å². The molecule has 106 valence electrons. The van der Waals surface area contributed by atoms with Gasteiger partial charge in [0.05, 0.1) is 0 Å². The number of halogens is 1. The van der Waals surface area contributed by atoms with E-state index in [2.05, 4.69) is 5.32 Å². The van der Waals surface area contributed by atoms with Crippen molar-refractivity contribution >= 4 is 11.5 Å². The van der Waals surface area contributed by atoms with Gasteiger partial charge in [-0.2, -0.15) is 0 Å². The molecule has 0 unspecified atom stereocenters. The predicted molar refractivity (Wildman–Crippen MR) is 74.9 cm³/mol. The lowest BCUT2D eigenvalue weighted by Gasteiger charge is -2.34. The summed E-state index contributed by atoms with van der Waals surface area (Å²) < 4.78 is 19.3. The van der Waals surface area contributed by atoms with E-state index in [1.54, 1.807) is 12.1 Å². The van der Waals surface area contributed by atoms with Crippen LogP contribution in [0.3, 0.4) is 0 Å². The molecule has 0 spiro atoms. The maximum Gasteiger partial charge on any atom is 0.244 e. The fraction of sp³-hybridized carbons (Fsp3) is 0.438. The van der Waals surface area contributed by atoms with E-state index in [1.165, 1.54) is 12.1 Å². The molecule has 1 amide bonds. The molecule has 1 aliphatic heterocycles. The van der Waals surface area contributed by atoms with Crippen LogP contribution >= 0.6 is 0 Å². The standard InChI is InChI=1S/C16H18FNO2/c1-16(2)9-10(7-15(19)18-12-4-5-12)13-8-11(17)3-6-14(13)20-16/h3,6-8,12H,4-5,9H2,1-2H3,(H,18,19)/b10-7+. The van der Waals surface area contributed by atoms with E-state index < -0.39 is 5.60 Å². The summed E-state index contributed by atoms with van der Waals surface area (Å²) in [5.74, 6) is 0.212. The maximum absolute atomic E-state index is 13.4. The van der Waals surface area contributed by atoms with Crippen LogP contribution in [-0.2, 0) is 4.79 Å². The first-order valence-electron chi connectivity index (χ1n) is 6.93. The number of nitrogens with one attached hydrogen (secondary N) is 1. The monoisotopic (exact) mass is 275 g/mol. The first kappa shape index (κ1) is 13.2. The second kappa shape index (κ2) is 4.62. The van der Waals surface area contributed by atoms with Crippen LogP contribution in [0.4, 0.5) is 4.39 Å². The topological polar surface area (TPSA) is 38.3 Å². The summed E-state index contributed by atoms with van der Waals surface area (Å²) in [5.41, 5.74) is 1.11. The maximum atomic E-state index is 13.4. The summed E-state index contributed by atoms with van der Waals surface area (Å²) in [5, 5.41) is 2.92. The Bertz CT molecular complexity index is 588. The van der Waals surface area contributed by atoms with Gasteiger partial charge in [-0.3, -0.25) is 4.79 Å². The minimum absolute atomic E-state index is 0.101. The minimum atomic E-state index is -0.392. The molecule has 0 radical (unpaired) electrons. The number of amides is 1. The van der Waals surface area contributed by atoms with Crippen LogP contribution in [0.25, 0.3) is 5.57 Å². The summed E-state index contributed by atoms with van der Waals surface area (Å²) in [7, 11) is 0. The molecule has 1 heterocycles. The number of fused-ring (bicyclic) bond motifs is 1. The van der Waals surface area contributed by atoms with Crippen molar-refractivity contribution in [3.63, 3.8) is 0 Å². The van der Waals surface area contributed by atoms with Gasteiger partial charge in [-0.15, -0.1) is 0 Å². The summed E-state index contributed by atoms with van der Waals surface area (Å²) >= 11 is 0. The van der Waals surface area contributed by atoms with Crippen molar-refractivity contribution in [1.29, 1.82) is 0 Å². The zero-order valence-corrected chi connectivity index (χ0v) is 11.7. The third kappa shape index (κ3) is 2.84. The molecule has 4 heteroatoms. The van der Waals surface area contributed by atoms with Crippen LogP contribution in [0, 0.1) is 5.82 Å². The van der Waals surface area contributed by atoms with Crippen LogP contribution in [0.15, 0.2) is 24.3 Å². The Labute approximate surface area is 117 Å². The van der Waals surface area contributed by atoms with Crippen molar-refractivity contribution in [1.82, 2.24) is 5.32 Å². The van der Waals surface area contributed by atoms with Gasteiger partial charge < -0.3 is 10.1 Å². The predicted octanol–water partition coefficient (Wildman–Crippen LogP) is 3.05. The van der Waals surface area contributed by atoms with Crippen molar-refractivity contribution in [3.05, 3.63) is 35.7 Å². The molecule has 0 atom stereocenters. The molecule has 0 bridgehead atoms. The number of carbonyl (C=O) groups excluding carboxylic acids is 1. The van der Waals surface area contributed by atoms with E-state index in [0.29, 0.717) is 23.8 Å². The van der Waals surface area contributed by atoms with Gasteiger partial charge in [0, 0.05) is 24.1 Å². The van der Waals surface area contributed by atoms with Gasteiger partial charge in [-0.25, -0.2) is 4.39 Å². The van der Waals surface area contributed by atoms with Crippen LogP contribution in [0.5, 0.6) is 5.75 Å². The molecule has 1 saturated carbocycles. The van der Waals surface area contributed by atoms with Gasteiger partial charge in [-0.05, 0) is 50.5 Å². The van der Waals surface area contributed by atoms with Crippen LogP contribution < -0.4 is 10.1 Å². The molecule has 1 aliphatic carbocycles. The second-order valence-corrected chi connectivity index (χ2v) is 6.13. The number of ether oxygens (including phenoxy) is 1. The number of carbonyl (C=O) groups is 1. The zero-order chi connectivity index (χ0) is 14.3. The van der Waals surface area contributed by atoms with Gasteiger partial charge in [-0.1, -0.05) is 0 Å². The molecule has 1 fully saturated rings. The van der Waals surface area contributed by atoms with Crippen molar-refractivity contribution in [2.45, 2.75) is 44.8 Å². The van der Waals surface area contributed by atoms with Gasteiger partial charge in [0.2, 0.25) is 5.91 Å². The highest BCUT2D eigenvalue weighted by atomic mass is 19.1. The Balaban J connectivity index is 1.94. The Morgan fingerprint density at radius 3 is 2.90 bits per heavy atom. The molecule has 3 rings (SSSR count). The van der Waals surface area contributed by atoms with Crippen molar-refractivity contribution in [2.24, 2.45) is 0 Å². The molecule has 1 aromatic carbocycles. The second-order valence-electron chi connectivity index (χ2n) is 6.13. The lowest BCUT2D eigenvalue weighted by molar-refractivity contribution is -0.116. The highest BCUT2D eigenvalue weighted by Crippen LogP contribution is 2.40. The number of hydrogen-bond acceptors (Lipinski definition) is 2. The smallest absolute Gasteiger partial charge is 0.244 e. The molecule has 0 saturated heterocycles. The quantitative estimate of drug-likeness (QED) is 0.842. The van der Waals surface area contributed by atoms with Gasteiger partial charge in [0.15, 0.2) is 0 Å². The zero-order valence-electron chi connectivity index (χ0n) is 11.7. The molecular formula is C16H18FNO2. The summed E-state index contributed by atoms with van der Waals surface area (Å²) in [4.78, 5) is 11.9. The lowest BCUT2D eigenvalue weighted by Crippen LogP contribution is -2.33. The fourth-order valence-electron chi connectivity index (χ4n) is 2.49. The molecular weight excluding hydrogens is 257 g/mol. The Hall–Kier alpha value is -1.84. The summed E-state index contributed by atoms with van der Waals surface area (Å²) in [6.07, 6.45) is 4.27. The molecule has 20 heavy (non-hydrogen) atoms. The third-order valence-corrected chi connectivity index (χ3v) is 3.52. The average molecular weight is 275 g/mol. The molecule has 1 N–H and O–H groups in total. The van der Waals surface area contributed by atoms with E-state index in [0.717, 1.165) is 18.4 Å². The van der Waals surface area contributed by atoms with E-state index >= 15 is 0 Å². The Morgan fingerprint density at radius 1 is 1.45 bits per heavy atom. The summed E-state index contributed by atoms with van der Waals surface area (Å²) in [6, 6.07) is 4.75. The normalized spacial score (nSPS) is 22.1. The lowest BCUT2D eigenvalue weighted by atomic mass is 9.89. The Morgan fingerprint density at radius 2 is 2.20 bits per heavy atom. The summed E-state index contributed by atoms with van der Waals surface area (Å²) in [6.45, 7) is 3.93. The fourth-order valence-corrected chi connectivity index (χ4v) is 2.49. The average Bonchev–Trinajstić information content (AvgIpc) is 3.13. The first-order valence-corrected chi connectivity index (χ1v) is 6.93. The minimum Gasteiger partial charge on any atom is -0.487 e. The van der Waals surface area contributed by atoms with Crippen molar-refractivity contribution < 1.29 is 13.9 Å². The molecule has 1 aromatic rings. The molecule has 0 aromatic heterocycles. The number of benzene rings is 1. The number of hydrogen-bond donors (Lipinski definition) is 1. The highest BCUT2D eigenvalue weighted by molar-refractivity contribution is 5.96. The Kier molecular flexibility index (Phi) is 3.04. The van der Waals surface area contributed by atoms with E-state index in [-0.39, 0.29) is 11.7 Å². The molecule has 2 aliphatic rings. The van der Waals surface area contributed by atoms with Crippen LogP contribution in [0.1, 0.15) is 38.7 Å². The largest absolute Gasteiger partial charge is 0.487 e. The van der Waals surface area contributed by atoms with Crippen molar-refractivity contribution in [2.75, 3.05) is 0 Å². The van der Waals surface area contributed by atoms with Gasteiger partial charge in [0.25, 0.3) is 0 Å². The van der Waals surface area contributed by atoms with Gasteiger partial charge in [0.1, 0.15) is 17.2 Å². The van der Waals surface area contributed by atoms with E-state index in [9.17, 15) is 9.18 Å². The third-order valence-electron chi connectivity index (χ3n) is 3.52. The van der Waals surface area contributed by atoms with Crippen molar-refractivity contribution in [3.8, 4) is 5.75 Å².